The number of fused-ring (bicyclic) bond motifs is 4. The van der Waals surface area contributed by atoms with Crippen LogP contribution in [0, 0.1) is 11.6 Å². The van der Waals surface area contributed by atoms with Crippen LogP contribution >= 0.6 is 0 Å². The minimum Gasteiger partial charge on any atom is -0.507 e. The SMILES string of the molecule is CO[C@]1(C(=O)O)CC[C@]2(CC1)OCC(C)(C)c1c2c2c(O)cccc2n1-c1ccc(F)c(F)c1. The Morgan fingerprint density at radius 1 is 1.09 bits per heavy atom. The number of carboxylic acid groups (broad SMARTS) is 1. The molecule has 1 fully saturated rings. The molecular formula is C26H27F2NO5. The third kappa shape index (κ3) is 3.08. The molecule has 1 aromatic heterocycles. The van der Waals surface area contributed by atoms with E-state index in [0.29, 0.717) is 36.0 Å². The number of hydrogen-bond acceptors (Lipinski definition) is 4. The highest BCUT2D eigenvalue weighted by atomic mass is 19.2. The Balaban J connectivity index is 1.80. The van der Waals surface area contributed by atoms with Crippen LogP contribution in [0.1, 0.15) is 50.8 Å². The molecule has 8 heteroatoms. The standard InChI is InChI=1S/C26H27F2NO5/c1-24(2)14-34-25(9-11-26(33-3,12-10-25)23(31)32)21-20-18(5-4-6-19(20)30)29(22(21)24)15-7-8-16(27)17(28)13-15/h4-8,13,30H,9-12,14H2,1-3H3,(H,31,32)/t25-,26-. The van der Waals surface area contributed by atoms with Gasteiger partial charge in [0, 0.05) is 40.9 Å². The zero-order valence-electron chi connectivity index (χ0n) is 19.3. The van der Waals surface area contributed by atoms with Gasteiger partial charge in [0.05, 0.1) is 17.7 Å². The number of rotatable bonds is 3. The van der Waals surface area contributed by atoms with Gasteiger partial charge in [-0.25, -0.2) is 13.6 Å². The smallest absolute Gasteiger partial charge is 0.335 e. The Morgan fingerprint density at radius 3 is 2.41 bits per heavy atom. The number of phenols is 1. The van der Waals surface area contributed by atoms with Gasteiger partial charge >= 0.3 is 5.97 Å². The van der Waals surface area contributed by atoms with E-state index in [-0.39, 0.29) is 18.6 Å². The maximum absolute atomic E-state index is 14.3. The monoisotopic (exact) mass is 471 g/mol. The number of hydrogen-bond donors (Lipinski definition) is 2. The summed E-state index contributed by atoms with van der Waals surface area (Å²) in [6.07, 6.45) is 1.23. The van der Waals surface area contributed by atoms with Crippen molar-refractivity contribution in [3.8, 4) is 11.4 Å². The lowest BCUT2D eigenvalue weighted by Crippen LogP contribution is -2.52. The van der Waals surface area contributed by atoms with Gasteiger partial charge in [0.25, 0.3) is 0 Å². The van der Waals surface area contributed by atoms with Gasteiger partial charge in [-0.15, -0.1) is 0 Å². The Hall–Kier alpha value is -2.97. The van der Waals surface area contributed by atoms with Crippen LogP contribution in [0.15, 0.2) is 36.4 Å². The Morgan fingerprint density at radius 2 is 1.79 bits per heavy atom. The number of aromatic hydroxyl groups is 1. The molecule has 0 unspecified atom stereocenters. The van der Waals surface area contributed by atoms with E-state index in [1.807, 2.05) is 24.5 Å². The van der Waals surface area contributed by atoms with Crippen molar-refractivity contribution in [3.05, 3.63) is 59.3 Å². The average Bonchev–Trinajstić information content (AvgIpc) is 3.18. The van der Waals surface area contributed by atoms with Gasteiger partial charge in [-0.1, -0.05) is 19.9 Å². The van der Waals surface area contributed by atoms with Crippen molar-refractivity contribution in [2.24, 2.45) is 0 Å². The second-order valence-corrected chi connectivity index (χ2v) is 10.00. The summed E-state index contributed by atoms with van der Waals surface area (Å²) in [6.45, 7) is 4.35. The minimum absolute atomic E-state index is 0.0533. The van der Waals surface area contributed by atoms with Crippen molar-refractivity contribution in [2.75, 3.05) is 13.7 Å². The molecule has 5 rings (SSSR count). The molecule has 2 heterocycles. The highest BCUT2D eigenvalue weighted by molar-refractivity contribution is 5.94. The van der Waals surface area contributed by atoms with Crippen LogP contribution < -0.4 is 0 Å². The Kier molecular flexibility index (Phi) is 5.04. The summed E-state index contributed by atoms with van der Waals surface area (Å²) in [5, 5.41) is 21.4. The Labute approximate surface area is 195 Å². The quantitative estimate of drug-likeness (QED) is 0.552. The van der Waals surface area contributed by atoms with E-state index in [4.69, 9.17) is 9.47 Å². The third-order valence-corrected chi connectivity index (χ3v) is 7.58. The lowest BCUT2D eigenvalue weighted by Gasteiger charge is -2.49. The molecule has 1 aliphatic carbocycles. The van der Waals surface area contributed by atoms with E-state index in [0.717, 1.165) is 23.4 Å². The molecule has 0 radical (unpaired) electrons. The average molecular weight is 472 g/mol. The van der Waals surface area contributed by atoms with Crippen LogP contribution in [-0.4, -0.2) is 40.1 Å². The molecule has 1 saturated carbocycles. The molecule has 0 saturated heterocycles. The number of benzene rings is 2. The van der Waals surface area contributed by atoms with Gasteiger partial charge in [0.15, 0.2) is 17.2 Å². The van der Waals surface area contributed by atoms with Crippen molar-refractivity contribution in [2.45, 2.75) is 56.1 Å². The number of aliphatic carboxylic acids is 1. The molecule has 3 aromatic rings. The van der Waals surface area contributed by atoms with Gasteiger partial charge in [-0.05, 0) is 49.9 Å². The lowest BCUT2D eigenvalue weighted by atomic mass is 9.68. The second-order valence-electron chi connectivity index (χ2n) is 10.00. The molecule has 1 spiro atoms. The number of carboxylic acids is 1. The molecule has 34 heavy (non-hydrogen) atoms. The van der Waals surface area contributed by atoms with Crippen molar-refractivity contribution >= 4 is 16.9 Å². The van der Waals surface area contributed by atoms with E-state index in [1.165, 1.54) is 13.2 Å². The zero-order valence-corrected chi connectivity index (χ0v) is 19.3. The molecule has 0 bridgehead atoms. The van der Waals surface area contributed by atoms with Gasteiger partial charge < -0.3 is 24.3 Å². The molecule has 2 N–H and O–H groups in total. The molecule has 1 aliphatic heterocycles. The summed E-state index contributed by atoms with van der Waals surface area (Å²) in [6, 6.07) is 8.89. The summed E-state index contributed by atoms with van der Waals surface area (Å²) >= 11 is 0. The first-order valence-corrected chi connectivity index (χ1v) is 11.3. The number of methoxy groups -OCH3 is 1. The summed E-state index contributed by atoms with van der Waals surface area (Å²) in [5.41, 5.74) is 0.0349. The van der Waals surface area contributed by atoms with E-state index in [9.17, 15) is 23.8 Å². The van der Waals surface area contributed by atoms with Crippen LogP contribution in [-0.2, 0) is 25.3 Å². The van der Waals surface area contributed by atoms with E-state index in [2.05, 4.69) is 0 Å². The van der Waals surface area contributed by atoms with Crippen LogP contribution in [0.2, 0.25) is 0 Å². The molecule has 0 amide bonds. The minimum atomic E-state index is -1.29. The fraction of sp³-hybridized carbons (Fsp3) is 0.423. The van der Waals surface area contributed by atoms with E-state index >= 15 is 0 Å². The van der Waals surface area contributed by atoms with Crippen molar-refractivity contribution in [1.82, 2.24) is 4.57 Å². The predicted octanol–water partition coefficient (Wildman–Crippen LogP) is 5.16. The summed E-state index contributed by atoms with van der Waals surface area (Å²) < 4.78 is 41.9. The largest absolute Gasteiger partial charge is 0.507 e. The fourth-order valence-corrected chi connectivity index (χ4v) is 5.71. The highest BCUT2D eigenvalue weighted by Gasteiger charge is 2.54. The number of nitrogens with zero attached hydrogens (tertiary/aromatic N) is 1. The molecule has 0 atom stereocenters. The van der Waals surface area contributed by atoms with Crippen LogP contribution in [0.25, 0.3) is 16.6 Å². The van der Waals surface area contributed by atoms with Crippen LogP contribution in [0.3, 0.4) is 0 Å². The number of carbonyl (C=O) groups is 1. The predicted molar refractivity (Wildman–Crippen MR) is 121 cm³/mol. The van der Waals surface area contributed by atoms with Crippen LogP contribution in [0.4, 0.5) is 8.78 Å². The fourth-order valence-electron chi connectivity index (χ4n) is 5.71. The first-order chi connectivity index (χ1) is 16.1. The topological polar surface area (TPSA) is 80.9 Å². The molecule has 2 aliphatic rings. The molecular weight excluding hydrogens is 444 g/mol. The lowest BCUT2D eigenvalue weighted by molar-refractivity contribution is -0.182. The van der Waals surface area contributed by atoms with Crippen molar-refractivity contribution in [1.29, 1.82) is 0 Å². The summed E-state index contributed by atoms with van der Waals surface area (Å²) in [7, 11) is 1.41. The van der Waals surface area contributed by atoms with Crippen molar-refractivity contribution in [3.63, 3.8) is 0 Å². The number of aromatic nitrogens is 1. The number of ether oxygens (including phenoxy) is 2. The normalized spacial score (nSPS) is 26.0. The molecule has 2 aromatic carbocycles. The van der Waals surface area contributed by atoms with E-state index < -0.39 is 34.2 Å². The summed E-state index contributed by atoms with van der Waals surface area (Å²) in [5.74, 6) is -2.85. The zero-order chi connectivity index (χ0) is 24.5. The number of halogens is 2. The van der Waals surface area contributed by atoms with Gasteiger partial charge in [-0.2, -0.15) is 0 Å². The van der Waals surface area contributed by atoms with Crippen molar-refractivity contribution < 1.29 is 33.3 Å². The van der Waals surface area contributed by atoms with Gasteiger partial charge in [-0.3, -0.25) is 0 Å². The third-order valence-electron chi connectivity index (χ3n) is 7.58. The van der Waals surface area contributed by atoms with Crippen LogP contribution in [0.5, 0.6) is 5.75 Å². The second kappa shape index (κ2) is 7.52. The maximum Gasteiger partial charge on any atom is 0.335 e. The highest BCUT2D eigenvalue weighted by Crippen LogP contribution is 2.56. The molecule has 6 nitrogen and oxygen atoms in total. The van der Waals surface area contributed by atoms with Gasteiger partial charge in [0.2, 0.25) is 0 Å². The Bertz CT molecular complexity index is 1300. The summed E-state index contributed by atoms with van der Waals surface area (Å²) in [4.78, 5) is 12.0. The van der Waals surface area contributed by atoms with E-state index in [1.54, 1.807) is 12.1 Å². The first kappa shape index (κ1) is 22.8. The molecule has 180 valence electrons. The maximum atomic E-state index is 14.3. The number of phenolic OH excluding ortho intramolecular Hbond substituents is 1. The van der Waals surface area contributed by atoms with Gasteiger partial charge in [0.1, 0.15) is 5.75 Å². The first-order valence-electron chi connectivity index (χ1n) is 11.3.